The number of ether oxygens (including phenoxy) is 1. The van der Waals surface area contributed by atoms with E-state index in [-0.39, 0.29) is 12.0 Å². The van der Waals surface area contributed by atoms with Gasteiger partial charge in [-0.05, 0) is 30.7 Å². The molecule has 1 aromatic rings. The number of amides is 1. The summed E-state index contributed by atoms with van der Waals surface area (Å²) < 4.78 is 19.6. The van der Waals surface area contributed by atoms with Crippen molar-refractivity contribution in [3.05, 3.63) is 35.9 Å². The van der Waals surface area contributed by atoms with Crippen molar-refractivity contribution in [3.63, 3.8) is 0 Å². The van der Waals surface area contributed by atoms with Crippen LogP contribution >= 0.6 is 0 Å². The van der Waals surface area contributed by atoms with E-state index in [4.69, 9.17) is 4.74 Å². The van der Waals surface area contributed by atoms with E-state index in [0.717, 1.165) is 18.4 Å². The number of carbonyl (C=O) groups is 1. The number of nitrogens with one attached hydrogen (secondary N) is 1. The molecule has 1 N–H and O–H groups in total. The first-order chi connectivity index (χ1) is 11.7. The molecule has 134 valence electrons. The van der Waals surface area contributed by atoms with Gasteiger partial charge in [0.1, 0.15) is 6.17 Å². The molecule has 5 heteroatoms. The van der Waals surface area contributed by atoms with Crippen molar-refractivity contribution in [1.82, 2.24) is 10.2 Å². The molecule has 2 rings (SSSR count). The molecule has 1 amide bonds. The summed E-state index contributed by atoms with van der Waals surface area (Å²) >= 11 is 0. The Morgan fingerprint density at radius 2 is 2.04 bits per heavy atom. The van der Waals surface area contributed by atoms with Crippen molar-refractivity contribution >= 4 is 6.09 Å². The van der Waals surface area contributed by atoms with Gasteiger partial charge in [-0.3, -0.25) is 0 Å². The number of alkyl halides is 1. The van der Waals surface area contributed by atoms with Gasteiger partial charge in [0, 0.05) is 26.2 Å². The first-order valence-corrected chi connectivity index (χ1v) is 9.01. The fourth-order valence-corrected chi connectivity index (χ4v) is 2.96. The molecule has 0 aromatic heterocycles. The fourth-order valence-electron chi connectivity index (χ4n) is 2.96. The zero-order valence-electron chi connectivity index (χ0n) is 14.5. The number of benzene rings is 1. The van der Waals surface area contributed by atoms with Gasteiger partial charge >= 0.3 is 6.09 Å². The van der Waals surface area contributed by atoms with Crippen LogP contribution in [0.25, 0.3) is 0 Å². The number of unbranched alkanes of at least 4 members (excludes halogenated alkanes) is 1. The van der Waals surface area contributed by atoms with Gasteiger partial charge in [0.2, 0.25) is 0 Å². The normalized spacial score (nSPS) is 16.8. The Kier molecular flexibility index (Phi) is 8.02. The Hall–Kier alpha value is -1.62. The number of likely N-dealkylation sites (tertiary alicyclic amines) is 1. The van der Waals surface area contributed by atoms with E-state index in [0.29, 0.717) is 45.6 Å². The van der Waals surface area contributed by atoms with Crippen molar-refractivity contribution in [2.45, 2.75) is 45.3 Å². The lowest BCUT2D eigenvalue weighted by Crippen LogP contribution is -2.42. The maximum absolute atomic E-state index is 14.4. The highest BCUT2D eigenvalue weighted by atomic mass is 19.1. The van der Waals surface area contributed by atoms with Crippen molar-refractivity contribution in [2.24, 2.45) is 5.92 Å². The predicted octanol–water partition coefficient (Wildman–Crippen LogP) is 3.76. The predicted molar refractivity (Wildman–Crippen MR) is 93.6 cm³/mol. The van der Waals surface area contributed by atoms with Gasteiger partial charge in [0.15, 0.2) is 0 Å². The summed E-state index contributed by atoms with van der Waals surface area (Å²) in [6.07, 6.45) is 2.19. The number of piperidine rings is 1. The lowest BCUT2D eigenvalue weighted by molar-refractivity contribution is 0.0736. The summed E-state index contributed by atoms with van der Waals surface area (Å²) in [5, 5.41) is 3.19. The number of hydrogen-bond acceptors (Lipinski definition) is 3. The second-order valence-electron chi connectivity index (χ2n) is 6.42. The first kappa shape index (κ1) is 18.7. The van der Waals surface area contributed by atoms with E-state index >= 15 is 0 Å². The van der Waals surface area contributed by atoms with E-state index < -0.39 is 6.17 Å². The highest BCUT2D eigenvalue weighted by Crippen LogP contribution is 2.23. The van der Waals surface area contributed by atoms with Crippen molar-refractivity contribution in [2.75, 3.05) is 26.2 Å². The minimum Gasteiger partial charge on any atom is -0.449 e. The zero-order valence-corrected chi connectivity index (χ0v) is 14.5. The van der Waals surface area contributed by atoms with Crippen LogP contribution in [0.15, 0.2) is 30.3 Å². The molecular weight excluding hydrogens is 307 g/mol. The molecule has 0 radical (unpaired) electrons. The Morgan fingerprint density at radius 3 is 2.71 bits per heavy atom. The molecule has 0 bridgehead atoms. The lowest BCUT2D eigenvalue weighted by Gasteiger charge is -2.32. The summed E-state index contributed by atoms with van der Waals surface area (Å²) in [6.45, 7) is 4.77. The topological polar surface area (TPSA) is 41.6 Å². The fraction of sp³-hybridized carbons (Fsp3) is 0.632. The molecule has 0 spiro atoms. The second kappa shape index (κ2) is 10.3. The molecule has 0 aliphatic carbocycles. The van der Waals surface area contributed by atoms with Crippen LogP contribution in [-0.4, -0.2) is 43.4 Å². The number of halogens is 1. The molecule has 1 aliphatic rings. The first-order valence-electron chi connectivity index (χ1n) is 9.01. The summed E-state index contributed by atoms with van der Waals surface area (Å²) in [5.41, 5.74) is 1.16. The van der Waals surface area contributed by atoms with Gasteiger partial charge in [0.25, 0.3) is 0 Å². The maximum Gasteiger partial charge on any atom is 0.409 e. The molecule has 1 aromatic carbocycles. The monoisotopic (exact) mass is 336 g/mol. The molecule has 1 saturated heterocycles. The zero-order chi connectivity index (χ0) is 17.2. The Morgan fingerprint density at radius 1 is 1.33 bits per heavy atom. The summed E-state index contributed by atoms with van der Waals surface area (Å²) in [5.74, 6) is 0.0213. The molecule has 1 heterocycles. The third kappa shape index (κ3) is 6.11. The van der Waals surface area contributed by atoms with Gasteiger partial charge in [-0.2, -0.15) is 0 Å². The van der Waals surface area contributed by atoms with Crippen LogP contribution < -0.4 is 5.32 Å². The standard InChI is InChI=1S/C19H29FN2O2/c1-2-3-13-24-19(23)22-11-9-17(10-12-22)18(20)15-21-14-16-7-5-4-6-8-16/h4-8,17-18,21H,2-3,9-15H2,1H3. The molecule has 4 nitrogen and oxygen atoms in total. The van der Waals surface area contributed by atoms with E-state index in [2.05, 4.69) is 12.2 Å². The minimum absolute atomic E-state index is 0.0213. The van der Waals surface area contributed by atoms with Crippen LogP contribution in [0.3, 0.4) is 0 Å². The molecule has 1 unspecified atom stereocenters. The van der Waals surface area contributed by atoms with Crippen molar-refractivity contribution in [3.8, 4) is 0 Å². The molecule has 1 aliphatic heterocycles. The summed E-state index contributed by atoms with van der Waals surface area (Å²) in [7, 11) is 0. The largest absolute Gasteiger partial charge is 0.449 e. The second-order valence-corrected chi connectivity index (χ2v) is 6.42. The third-order valence-corrected chi connectivity index (χ3v) is 4.54. The van der Waals surface area contributed by atoms with Crippen molar-refractivity contribution in [1.29, 1.82) is 0 Å². The molecule has 0 saturated carbocycles. The highest BCUT2D eigenvalue weighted by molar-refractivity contribution is 5.67. The molecule has 24 heavy (non-hydrogen) atoms. The SMILES string of the molecule is CCCCOC(=O)N1CCC(C(F)CNCc2ccccc2)CC1. The van der Waals surface area contributed by atoms with Gasteiger partial charge in [-0.15, -0.1) is 0 Å². The van der Waals surface area contributed by atoms with Gasteiger partial charge < -0.3 is 15.0 Å². The summed E-state index contributed by atoms with van der Waals surface area (Å²) in [4.78, 5) is 13.6. The van der Waals surface area contributed by atoms with E-state index in [1.54, 1.807) is 4.90 Å². The van der Waals surface area contributed by atoms with E-state index in [1.165, 1.54) is 0 Å². The number of hydrogen-bond donors (Lipinski definition) is 1. The van der Waals surface area contributed by atoms with Crippen LogP contribution in [-0.2, 0) is 11.3 Å². The molecular formula is C19H29FN2O2. The maximum atomic E-state index is 14.4. The molecule has 1 atom stereocenters. The Labute approximate surface area is 144 Å². The lowest BCUT2D eigenvalue weighted by atomic mass is 9.92. The average Bonchev–Trinajstić information content (AvgIpc) is 2.63. The van der Waals surface area contributed by atoms with Crippen LogP contribution in [0.2, 0.25) is 0 Å². The third-order valence-electron chi connectivity index (χ3n) is 4.54. The smallest absolute Gasteiger partial charge is 0.409 e. The van der Waals surface area contributed by atoms with Gasteiger partial charge in [0.05, 0.1) is 6.61 Å². The van der Waals surface area contributed by atoms with Gasteiger partial charge in [-0.25, -0.2) is 9.18 Å². The number of carbonyl (C=O) groups excluding carboxylic acids is 1. The van der Waals surface area contributed by atoms with Crippen LogP contribution in [0.1, 0.15) is 38.2 Å². The van der Waals surface area contributed by atoms with Crippen LogP contribution in [0, 0.1) is 5.92 Å². The Balaban J connectivity index is 1.63. The van der Waals surface area contributed by atoms with Crippen molar-refractivity contribution < 1.29 is 13.9 Å². The minimum atomic E-state index is -0.869. The molecule has 1 fully saturated rings. The van der Waals surface area contributed by atoms with E-state index in [9.17, 15) is 9.18 Å². The number of rotatable bonds is 8. The van der Waals surface area contributed by atoms with Crippen LogP contribution in [0.4, 0.5) is 9.18 Å². The summed E-state index contributed by atoms with van der Waals surface area (Å²) in [6, 6.07) is 10.0. The Bertz CT molecular complexity index is 476. The average molecular weight is 336 g/mol. The van der Waals surface area contributed by atoms with E-state index in [1.807, 2.05) is 30.3 Å². The quantitative estimate of drug-likeness (QED) is 0.735. The number of nitrogens with zero attached hydrogens (tertiary/aromatic N) is 1. The van der Waals surface area contributed by atoms with Gasteiger partial charge in [-0.1, -0.05) is 43.7 Å². The highest BCUT2D eigenvalue weighted by Gasteiger charge is 2.28. The van der Waals surface area contributed by atoms with Crippen LogP contribution in [0.5, 0.6) is 0 Å².